The van der Waals surface area contributed by atoms with E-state index in [0.717, 1.165) is 25.2 Å². The molecule has 0 aliphatic carbocycles. The third kappa shape index (κ3) is 9.00. The van der Waals surface area contributed by atoms with E-state index in [-0.39, 0.29) is 12.6 Å². The van der Waals surface area contributed by atoms with Crippen LogP contribution in [0.5, 0.6) is 0 Å². The third-order valence-electron chi connectivity index (χ3n) is 4.49. The van der Waals surface area contributed by atoms with Crippen molar-refractivity contribution in [2.75, 3.05) is 38.3 Å². The zero-order valence-corrected chi connectivity index (χ0v) is 19.6. The average molecular weight is 424 g/mol. The maximum Gasteiger partial charge on any atom is 0.302 e. The van der Waals surface area contributed by atoms with Crippen molar-refractivity contribution in [3.8, 4) is 0 Å². The molecule has 2 rings (SSSR count). The maximum absolute atomic E-state index is 9.82. The molecule has 0 spiro atoms. The second kappa shape index (κ2) is 15.5. The summed E-state index contributed by atoms with van der Waals surface area (Å²) in [7, 11) is 1.65. The molecule has 0 amide bonds. The standard InChI is InChI=1S/C16H27N5O.C4H8O2.C2H6/c1-3-12-14(21-9-5-4-6-10-21)8-7-13(19-12)16(17)15(11-22)20(2)18;1-3-6-4(2)5;1-2/h7-8,22H,3-6,9-11,17-18H2,1-2H3;3H2,1-2H3;1-2H3/b16-15-;;. The van der Waals surface area contributed by atoms with E-state index in [0.29, 0.717) is 23.7 Å². The van der Waals surface area contributed by atoms with Crippen LogP contribution >= 0.6 is 0 Å². The Bertz CT molecular complexity index is 656. The zero-order chi connectivity index (χ0) is 23.1. The number of anilines is 1. The van der Waals surface area contributed by atoms with Gasteiger partial charge in [-0.1, -0.05) is 20.8 Å². The van der Waals surface area contributed by atoms with Gasteiger partial charge in [0.2, 0.25) is 0 Å². The van der Waals surface area contributed by atoms with Crippen LogP contribution in [0.15, 0.2) is 17.8 Å². The summed E-state index contributed by atoms with van der Waals surface area (Å²) in [6.07, 6.45) is 4.63. The van der Waals surface area contributed by atoms with Crippen LogP contribution in [-0.4, -0.2) is 54.4 Å². The molecule has 1 aliphatic heterocycles. The number of carbonyl (C=O) groups is 1. The number of hydrogen-bond acceptors (Lipinski definition) is 8. The molecular formula is C22H41N5O3. The van der Waals surface area contributed by atoms with Gasteiger partial charge in [0.05, 0.1) is 41.7 Å². The molecular weight excluding hydrogens is 382 g/mol. The quantitative estimate of drug-likeness (QED) is 0.363. The monoisotopic (exact) mass is 423 g/mol. The molecule has 0 aromatic carbocycles. The predicted molar refractivity (Wildman–Crippen MR) is 123 cm³/mol. The summed E-state index contributed by atoms with van der Waals surface area (Å²) < 4.78 is 4.40. The van der Waals surface area contributed by atoms with Crippen LogP contribution in [-0.2, 0) is 16.0 Å². The van der Waals surface area contributed by atoms with Gasteiger partial charge < -0.3 is 25.5 Å². The number of carbonyl (C=O) groups excluding carboxylic acids is 1. The summed E-state index contributed by atoms with van der Waals surface area (Å²) in [6.45, 7) is 11.7. The second-order valence-electron chi connectivity index (χ2n) is 6.62. The number of aromatic nitrogens is 1. The molecule has 0 saturated carbocycles. The van der Waals surface area contributed by atoms with Crippen LogP contribution in [0.3, 0.4) is 0 Å². The van der Waals surface area contributed by atoms with Crippen molar-refractivity contribution >= 4 is 17.4 Å². The first-order valence-corrected chi connectivity index (χ1v) is 10.8. The number of ether oxygens (including phenoxy) is 1. The Morgan fingerprint density at radius 2 is 1.83 bits per heavy atom. The van der Waals surface area contributed by atoms with Gasteiger partial charge in [0, 0.05) is 27.1 Å². The number of nitrogens with zero attached hydrogens (tertiary/aromatic N) is 3. The van der Waals surface area contributed by atoms with Crippen molar-refractivity contribution in [2.45, 2.75) is 60.3 Å². The Morgan fingerprint density at radius 1 is 1.23 bits per heavy atom. The van der Waals surface area contributed by atoms with Gasteiger partial charge in [-0.05, 0) is 44.7 Å². The minimum Gasteiger partial charge on any atom is -0.466 e. The number of piperidine rings is 1. The lowest BCUT2D eigenvalue weighted by Gasteiger charge is -2.30. The highest BCUT2D eigenvalue weighted by Gasteiger charge is 2.17. The van der Waals surface area contributed by atoms with E-state index >= 15 is 0 Å². The Balaban J connectivity index is 0.000000905. The smallest absolute Gasteiger partial charge is 0.302 e. The summed E-state index contributed by atoms with van der Waals surface area (Å²) in [5.74, 6) is 5.49. The third-order valence-corrected chi connectivity index (χ3v) is 4.49. The highest BCUT2D eigenvalue weighted by Crippen LogP contribution is 2.25. The molecule has 5 N–H and O–H groups in total. The fourth-order valence-electron chi connectivity index (χ4n) is 3.06. The van der Waals surface area contributed by atoms with Crippen LogP contribution in [0.25, 0.3) is 5.70 Å². The Hall–Kier alpha value is -2.32. The van der Waals surface area contributed by atoms with E-state index < -0.39 is 0 Å². The van der Waals surface area contributed by atoms with Gasteiger partial charge in [-0.15, -0.1) is 0 Å². The first-order chi connectivity index (χ1) is 14.3. The van der Waals surface area contributed by atoms with E-state index in [1.54, 1.807) is 14.0 Å². The molecule has 8 heteroatoms. The summed E-state index contributed by atoms with van der Waals surface area (Å²) in [6, 6.07) is 4.00. The lowest BCUT2D eigenvalue weighted by Crippen LogP contribution is -2.31. The maximum atomic E-state index is 9.82. The van der Waals surface area contributed by atoms with Gasteiger partial charge in [0.15, 0.2) is 0 Å². The van der Waals surface area contributed by atoms with Crippen molar-refractivity contribution in [3.05, 3.63) is 29.2 Å². The lowest BCUT2D eigenvalue weighted by molar-refractivity contribution is -0.140. The fourth-order valence-corrected chi connectivity index (χ4v) is 3.06. The van der Waals surface area contributed by atoms with E-state index in [1.165, 1.54) is 36.9 Å². The van der Waals surface area contributed by atoms with Gasteiger partial charge in [-0.3, -0.25) is 4.79 Å². The molecule has 172 valence electrons. The van der Waals surface area contributed by atoms with Crippen LogP contribution in [0.1, 0.15) is 65.3 Å². The highest BCUT2D eigenvalue weighted by molar-refractivity contribution is 5.66. The molecule has 0 unspecified atom stereocenters. The topological polar surface area (TPSA) is 118 Å². The van der Waals surface area contributed by atoms with Crippen LogP contribution in [0.2, 0.25) is 0 Å². The molecule has 30 heavy (non-hydrogen) atoms. The van der Waals surface area contributed by atoms with Gasteiger partial charge in [-0.25, -0.2) is 10.8 Å². The molecule has 0 radical (unpaired) electrons. The van der Waals surface area contributed by atoms with Crippen LogP contribution < -0.4 is 16.5 Å². The number of aryl methyl sites for hydroxylation is 1. The highest BCUT2D eigenvalue weighted by atomic mass is 16.5. The zero-order valence-electron chi connectivity index (χ0n) is 19.6. The van der Waals surface area contributed by atoms with Crippen molar-refractivity contribution in [1.82, 2.24) is 9.99 Å². The molecule has 8 nitrogen and oxygen atoms in total. The number of pyridine rings is 1. The van der Waals surface area contributed by atoms with Crippen molar-refractivity contribution < 1.29 is 14.6 Å². The molecule has 0 bridgehead atoms. The fraction of sp³-hybridized carbons (Fsp3) is 0.636. The molecule has 0 atom stereocenters. The van der Waals surface area contributed by atoms with Crippen molar-refractivity contribution in [2.24, 2.45) is 11.6 Å². The molecule has 1 fully saturated rings. The first-order valence-electron chi connectivity index (χ1n) is 10.8. The summed E-state index contributed by atoms with van der Waals surface area (Å²) in [4.78, 5) is 16.9. The number of aliphatic hydroxyl groups excluding tert-OH is 1. The Labute approximate surface area is 181 Å². The van der Waals surface area contributed by atoms with Gasteiger partial charge in [0.25, 0.3) is 0 Å². The van der Waals surface area contributed by atoms with E-state index in [4.69, 9.17) is 16.6 Å². The molecule has 1 saturated heterocycles. The number of rotatable bonds is 6. The lowest BCUT2D eigenvalue weighted by atomic mass is 10.1. The predicted octanol–water partition coefficient (Wildman–Crippen LogP) is 2.66. The Kier molecular flexibility index (Phi) is 14.3. The van der Waals surface area contributed by atoms with E-state index in [1.807, 2.05) is 19.9 Å². The van der Waals surface area contributed by atoms with Crippen molar-refractivity contribution in [1.29, 1.82) is 0 Å². The van der Waals surface area contributed by atoms with E-state index in [9.17, 15) is 9.90 Å². The molecule has 1 aromatic rings. The number of nitrogens with two attached hydrogens (primary N) is 2. The summed E-state index contributed by atoms with van der Waals surface area (Å²) >= 11 is 0. The SMILES string of the molecule is CC.CCOC(C)=O.CCc1nc(/C(N)=C(\CO)N(C)N)ccc1N1CCCCC1. The normalized spacial score (nSPS) is 13.8. The number of hydrazine groups is 1. The molecule has 2 heterocycles. The Morgan fingerprint density at radius 3 is 2.23 bits per heavy atom. The number of likely N-dealkylation sites (N-methyl/N-ethyl adjacent to an activating group) is 1. The van der Waals surface area contributed by atoms with Gasteiger partial charge in [0.1, 0.15) is 0 Å². The second-order valence-corrected chi connectivity index (χ2v) is 6.62. The molecule has 1 aliphatic rings. The summed E-state index contributed by atoms with van der Waals surface area (Å²) in [5, 5.41) is 10.8. The number of hydrogen-bond donors (Lipinski definition) is 3. The largest absolute Gasteiger partial charge is 0.466 e. The van der Waals surface area contributed by atoms with Crippen LogP contribution in [0.4, 0.5) is 5.69 Å². The average Bonchev–Trinajstić information content (AvgIpc) is 2.75. The minimum absolute atomic E-state index is 0.211. The first kappa shape index (κ1) is 27.7. The molecule has 1 aromatic heterocycles. The van der Waals surface area contributed by atoms with E-state index in [2.05, 4.69) is 22.6 Å². The van der Waals surface area contributed by atoms with Crippen molar-refractivity contribution in [3.63, 3.8) is 0 Å². The number of aliphatic hydroxyl groups is 1. The summed E-state index contributed by atoms with van der Waals surface area (Å²) in [5.41, 5.74) is 9.93. The van der Waals surface area contributed by atoms with Gasteiger partial charge >= 0.3 is 5.97 Å². The van der Waals surface area contributed by atoms with Crippen LogP contribution in [0, 0.1) is 0 Å². The minimum atomic E-state index is -0.212. The number of esters is 1. The van der Waals surface area contributed by atoms with Gasteiger partial charge in [-0.2, -0.15) is 0 Å².